The Balaban J connectivity index is 2.31. The molecule has 0 heterocycles. The highest BCUT2D eigenvalue weighted by molar-refractivity contribution is 5.78. The molecule has 15 heavy (non-hydrogen) atoms. The van der Waals surface area contributed by atoms with Crippen molar-refractivity contribution in [2.24, 2.45) is 5.92 Å². The van der Waals surface area contributed by atoms with Gasteiger partial charge in [-0.3, -0.25) is 0 Å². The Hall–Kier alpha value is -0.610. The summed E-state index contributed by atoms with van der Waals surface area (Å²) < 4.78 is 4.52. The first-order chi connectivity index (χ1) is 6.97. The van der Waals surface area contributed by atoms with Crippen LogP contribution in [0.15, 0.2) is 0 Å². The molecule has 1 fully saturated rings. The van der Waals surface area contributed by atoms with Gasteiger partial charge in [-0.25, -0.2) is 4.79 Å². The molecule has 4 nitrogen and oxygen atoms in total. The van der Waals surface area contributed by atoms with Crippen LogP contribution >= 0.6 is 0 Å². The molecule has 0 spiro atoms. The predicted molar refractivity (Wildman–Crippen MR) is 57.4 cm³/mol. The number of carbonyl (C=O) groups is 1. The van der Waals surface area contributed by atoms with Crippen molar-refractivity contribution in [3.05, 3.63) is 0 Å². The van der Waals surface area contributed by atoms with E-state index in [1.807, 2.05) is 0 Å². The van der Waals surface area contributed by atoms with Crippen LogP contribution in [0, 0.1) is 5.92 Å². The average molecular weight is 215 g/mol. The maximum Gasteiger partial charge on any atom is 0.338 e. The largest absolute Gasteiger partial charge is 0.467 e. The van der Waals surface area contributed by atoms with Gasteiger partial charge in [-0.1, -0.05) is 6.42 Å². The first-order valence-corrected chi connectivity index (χ1v) is 5.51. The Kier molecular flexibility index (Phi) is 4.11. The highest BCUT2D eigenvalue weighted by Gasteiger charge is 2.33. The first-order valence-electron chi connectivity index (χ1n) is 5.51. The van der Waals surface area contributed by atoms with Gasteiger partial charge in [0.2, 0.25) is 0 Å². The van der Waals surface area contributed by atoms with Crippen molar-refractivity contribution in [3.8, 4) is 0 Å². The number of aliphatic hydroxyl groups is 1. The molecule has 0 aromatic rings. The lowest BCUT2D eigenvalue weighted by Crippen LogP contribution is -2.50. The summed E-state index contributed by atoms with van der Waals surface area (Å²) in [5.41, 5.74) is -1.42. The van der Waals surface area contributed by atoms with Crippen LogP contribution in [0.4, 0.5) is 0 Å². The minimum Gasteiger partial charge on any atom is -0.467 e. The number of ether oxygens (including phenoxy) is 1. The van der Waals surface area contributed by atoms with E-state index in [1.165, 1.54) is 33.3 Å². The molecule has 1 saturated carbocycles. The smallest absolute Gasteiger partial charge is 0.338 e. The topological polar surface area (TPSA) is 58.6 Å². The Morgan fingerprint density at radius 2 is 2.27 bits per heavy atom. The van der Waals surface area contributed by atoms with E-state index in [-0.39, 0.29) is 6.54 Å². The van der Waals surface area contributed by atoms with Gasteiger partial charge < -0.3 is 15.2 Å². The fraction of sp³-hybridized carbons (Fsp3) is 0.909. The summed E-state index contributed by atoms with van der Waals surface area (Å²) >= 11 is 0. The molecule has 4 heteroatoms. The van der Waals surface area contributed by atoms with Gasteiger partial charge in [-0.05, 0) is 32.6 Å². The van der Waals surface area contributed by atoms with Crippen molar-refractivity contribution in [2.75, 3.05) is 13.7 Å². The quantitative estimate of drug-likeness (QED) is 0.662. The van der Waals surface area contributed by atoms with Crippen molar-refractivity contribution in [1.29, 1.82) is 0 Å². The van der Waals surface area contributed by atoms with Crippen LogP contribution in [0.25, 0.3) is 0 Å². The molecule has 88 valence electrons. The van der Waals surface area contributed by atoms with E-state index in [4.69, 9.17) is 0 Å². The van der Waals surface area contributed by atoms with E-state index < -0.39 is 11.6 Å². The molecule has 1 aliphatic rings. The van der Waals surface area contributed by atoms with Crippen LogP contribution in [0.1, 0.15) is 33.1 Å². The summed E-state index contributed by atoms with van der Waals surface area (Å²) in [6.07, 6.45) is 3.78. The van der Waals surface area contributed by atoms with E-state index >= 15 is 0 Å². The second-order valence-electron chi connectivity index (χ2n) is 4.63. The Morgan fingerprint density at radius 1 is 1.67 bits per heavy atom. The predicted octanol–water partition coefficient (Wildman–Crippen LogP) is 0.689. The number of carbonyl (C=O) groups excluding carboxylic acids is 1. The van der Waals surface area contributed by atoms with Crippen LogP contribution in [0.3, 0.4) is 0 Å². The van der Waals surface area contributed by atoms with Gasteiger partial charge in [-0.15, -0.1) is 0 Å². The molecule has 0 aromatic heterocycles. The van der Waals surface area contributed by atoms with Crippen LogP contribution < -0.4 is 5.32 Å². The molecule has 2 atom stereocenters. The third kappa shape index (κ3) is 3.18. The number of hydrogen-bond acceptors (Lipinski definition) is 4. The van der Waals surface area contributed by atoms with Crippen LogP contribution in [0.2, 0.25) is 0 Å². The summed E-state index contributed by atoms with van der Waals surface area (Å²) in [7, 11) is 1.28. The zero-order valence-electron chi connectivity index (χ0n) is 9.75. The van der Waals surface area contributed by atoms with Gasteiger partial charge in [0.05, 0.1) is 7.11 Å². The van der Waals surface area contributed by atoms with E-state index in [1.54, 1.807) is 0 Å². The molecule has 1 rings (SSSR count). The van der Waals surface area contributed by atoms with Gasteiger partial charge in [0, 0.05) is 12.6 Å². The molecule has 1 aliphatic carbocycles. The lowest BCUT2D eigenvalue weighted by molar-refractivity contribution is -0.160. The number of esters is 1. The van der Waals surface area contributed by atoms with Gasteiger partial charge in [-0.2, -0.15) is 0 Å². The van der Waals surface area contributed by atoms with E-state index in [9.17, 15) is 9.90 Å². The van der Waals surface area contributed by atoms with Crippen LogP contribution in [0.5, 0.6) is 0 Å². The number of hydrogen-bond donors (Lipinski definition) is 2. The van der Waals surface area contributed by atoms with Gasteiger partial charge in [0.25, 0.3) is 0 Å². The molecule has 2 unspecified atom stereocenters. The van der Waals surface area contributed by atoms with E-state index in [0.29, 0.717) is 12.0 Å². The monoisotopic (exact) mass is 215 g/mol. The van der Waals surface area contributed by atoms with Crippen molar-refractivity contribution in [1.82, 2.24) is 5.32 Å². The maximum atomic E-state index is 11.2. The molecule has 0 amide bonds. The van der Waals surface area contributed by atoms with Crippen molar-refractivity contribution in [3.63, 3.8) is 0 Å². The fourth-order valence-electron chi connectivity index (χ4n) is 1.76. The molecule has 0 saturated heterocycles. The molecule has 0 bridgehead atoms. The maximum absolute atomic E-state index is 11.2. The minimum atomic E-state index is -1.42. The van der Waals surface area contributed by atoms with Gasteiger partial charge >= 0.3 is 5.97 Å². The fourth-order valence-corrected chi connectivity index (χ4v) is 1.76. The third-order valence-corrected chi connectivity index (χ3v) is 3.25. The Morgan fingerprint density at radius 3 is 2.67 bits per heavy atom. The zero-order valence-corrected chi connectivity index (χ0v) is 9.75. The van der Waals surface area contributed by atoms with E-state index in [0.717, 1.165) is 0 Å². The second kappa shape index (κ2) is 4.94. The first kappa shape index (κ1) is 12.5. The number of methoxy groups -OCH3 is 1. The van der Waals surface area contributed by atoms with Gasteiger partial charge in [0.1, 0.15) is 0 Å². The summed E-state index contributed by atoms with van der Waals surface area (Å²) in [6, 6.07) is 0.356. The normalized spacial score (nSPS) is 22.7. The third-order valence-electron chi connectivity index (χ3n) is 3.25. The SMILES string of the molecule is COC(=O)C(C)(O)CNC(C)C1CCC1. The Labute approximate surface area is 91.0 Å². The lowest BCUT2D eigenvalue weighted by atomic mass is 9.80. The second-order valence-corrected chi connectivity index (χ2v) is 4.63. The van der Waals surface area contributed by atoms with Crippen molar-refractivity contribution < 1.29 is 14.6 Å². The van der Waals surface area contributed by atoms with Crippen LogP contribution in [-0.4, -0.2) is 36.4 Å². The van der Waals surface area contributed by atoms with Crippen molar-refractivity contribution >= 4 is 5.97 Å². The van der Waals surface area contributed by atoms with E-state index in [2.05, 4.69) is 17.0 Å². The van der Waals surface area contributed by atoms with Crippen molar-refractivity contribution in [2.45, 2.75) is 44.8 Å². The lowest BCUT2D eigenvalue weighted by Gasteiger charge is -2.33. The van der Waals surface area contributed by atoms with Gasteiger partial charge in [0.15, 0.2) is 5.60 Å². The van der Waals surface area contributed by atoms with Crippen LogP contribution in [-0.2, 0) is 9.53 Å². The molecule has 0 aromatic carbocycles. The summed E-state index contributed by atoms with van der Waals surface area (Å²) in [6.45, 7) is 3.81. The number of nitrogens with one attached hydrogen (secondary N) is 1. The number of rotatable bonds is 5. The average Bonchev–Trinajstić information content (AvgIpc) is 2.11. The highest BCUT2D eigenvalue weighted by Crippen LogP contribution is 2.29. The molecule has 0 aliphatic heterocycles. The standard InChI is InChI=1S/C11H21NO3/c1-8(9-5-4-6-9)12-7-11(2,14)10(13)15-3/h8-9,12,14H,4-7H2,1-3H3. The summed E-state index contributed by atoms with van der Waals surface area (Å²) in [5, 5.41) is 13.0. The molecular formula is C11H21NO3. The molecule has 2 N–H and O–H groups in total. The minimum absolute atomic E-state index is 0.247. The summed E-state index contributed by atoms with van der Waals surface area (Å²) in [5.74, 6) is 0.106. The summed E-state index contributed by atoms with van der Waals surface area (Å²) in [4.78, 5) is 11.2. The molecular weight excluding hydrogens is 194 g/mol. The Bertz CT molecular complexity index is 224. The zero-order chi connectivity index (χ0) is 11.5. The highest BCUT2D eigenvalue weighted by atomic mass is 16.5. The molecule has 0 radical (unpaired) electrons.